The summed E-state index contributed by atoms with van der Waals surface area (Å²) in [6, 6.07) is 8.73. The molecule has 0 spiro atoms. The molecule has 2 nitrogen and oxygen atoms in total. The summed E-state index contributed by atoms with van der Waals surface area (Å²) in [4.78, 5) is 0. The van der Waals surface area contributed by atoms with E-state index in [2.05, 4.69) is 60.8 Å². The molecule has 0 aliphatic carbocycles. The van der Waals surface area contributed by atoms with Crippen LogP contribution in [0.5, 0.6) is 0 Å². The largest absolute Gasteiger partial charge is 0.347 e. The monoisotopic (exact) mass is 284 g/mol. The fourth-order valence-electron chi connectivity index (χ4n) is 2.73. The Hall–Kier alpha value is -1.54. The molecule has 2 rings (SSSR count). The van der Waals surface area contributed by atoms with Crippen LogP contribution >= 0.6 is 0 Å². The summed E-state index contributed by atoms with van der Waals surface area (Å²) in [6.45, 7) is 11.6. The van der Waals surface area contributed by atoms with Gasteiger partial charge in [0, 0.05) is 23.6 Å². The number of aromatic nitrogens is 1. The van der Waals surface area contributed by atoms with Gasteiger partial charge in [-0.3, -0.25) is 0 Å². The Labute approximate surface area is 128 Å². The minimum Gasteiger partial charge on any atom is -0.347 e. The van der Waals surface area contributed by atoms with E-state index in [1.165, 1.54) is 22.9 Å². The summed E-state index contributed by atoms with van der Waals surface area (Å²) in [6.07, 6.45) is 7.68. The van der Waals surface area contributed by atoms with Crippen LogP contribution in [0.15, 0.2) is 43.1 Å². The van der Waals surface area contributed by atoms with Crippen molar-refractivity contribution in [3.8, 4) is 0 Å². The number of para-hydroxylation sites is 1. The van der Waals surface area contributed by atoms with Crippen LogP contribution in [0.3, 0.4) is 0 Å². The zero-order valence-electron chi connectivity index (χ0n) is 13.4. The number of nitrogens with one attached hydrogen (secondary N) is 1. The molecular weight excluding hydrogens is 256 g/mol. The lowest BCUT2D eigenvalue weighted by Gasteiger charge is -2.06. The predicted molar refractivity (Wildman–Crippen MR) is 92.8 cm³/mol. The van der Waals surface area contributed by atoms with Crippen molar-refractivity contribution in [3.63, 3.8) is 0 Å². The molecule has 1 aromatic heterocycles. The van der Waals surface area contributed by atoms with Crippen molar-refractivity contribution in [2.45, 2.75) is 39.7 Å². The average Bonchev–Trinajstić information content (AvgIpc) is 2.83. The quantitative estimate of drug-likeness (QED) is 0.533. The second-order valence-corrected chi connectivity index (χ2v) is 6.14. The molecule has 1 aromatic carbocycles. The Balaban J connectivity index is 2.00. The van der Waals surface area contributed by atoms with Crippen LogP contribution in [-0.4, -0.2) is 17.7 Å². The summed E-state index contributed by atoms with van der Waals surface area (Å²) in [5.41, 5.74) is 2.82. The Bertz CT molecular complexity index is 566. The molecule has 0 atom stereocenters. The van der Waals surface area contributed by atoms with E-state index in [1.54, 1.807) is 0 Å². The lowest BCUT2D eigenvalue weighted by Crippen LogP contribution is -2.21. The molecule has 0 unspecified atom stereocenters. The third-order valence-electron chi connectivity index (χ3n) is 3.80. The van der Waals surface area contributed by atoms with E-state index in [-0.39, 0.29) is 0 Å². The zero-order chi connectivity index (χ0) is 15.1. The molecule has 0 saturated carbocycles. The first kappa shape index (κ1) is 15.8. The van der Waals surface area contributed by atoms with Crippen LogP contribution < -0.4 is 5.32 Å². The van der Waals surface area contributed by atoms with E-state index < -0.39 is 0 Å². The average molecular weight is 284 g/mol. The molecule has 0 saturated heterocycles. The molecule has 114 valence electrons. The van der Waals surface area contributed by atoms with Crippen molar-refractivity contribution in [1.29, 1.82) is 0 Å². The smallest absolute Gasteiger partial charge is 0.0483 e. The van der Waals surface area contributed by atoms with Gasteiger partial charge in [0.15, 0.2) is 0 Å². The summed E-state index contributed by atoms with van der Waals surface area (Å²) < 4.78 is 2.37. The van der Waals surface area contributed by atoms with Gasteiger partial charge in [-0.2, -0.15) is 0 Å². The van der Waals surface area contributed by atoms with Crippen LogP contribution in [0.2, 0.25) is 0 Å². The maximum atomic E-state index is 3.83. The first-order valence-corrected chi connectivity index (χ1v) is 8.10. The Morgan fingerprint density at radius 3 is 2.86 bits per heavy atom. The Kier molecular flexibility index (Phi) is 6.06. The molecule has 0 fully saturated rings. The third-order valence-corrected chi connectivity index (χ3v) is 3.80. The van der Waals surface area contributed by atoms with Crippen molar-refractivity contribution in [3.05, 3.63) is 48.7 Å². The summed E-state index contributed by atoms with van der Waals surface area (Å²) in [7, 11) is 0. The van der Waals surface area contributed by atoms with E-state index in [9.17, 15) is 0 Å². The maximum Gasteiger partial charge on any atom is 0.0483 e. The highest BCUT2D eigenvalue weighted by atomic mass is 15.0. The van der Waals surface area contributed by atoms with Gasteiger partial charge in [-0.1, -0.05) is 38.1 Å². The highest BCUT2D eigenvalue weighted by Crippen LogP contribution is 2.22. The summed E-state index contributed by atoms with van der Waals surface area (Å²) in [5.74, 6) is 0.728. The molecule has 0 amide bonds. The Morgan fingerprint density at radius 2 is 2.10 bits per heavy atom. The molecule has 21 heavy (non-hydrogen) atoms. The maximum absolute atomic E-state index is 3.83. The summed E-state index contributed by atoms with van der Waals surface area (Å²) >= 11 is 0. The van der Waals surface area contributed by atoms with Crippen molar-refractivity contribution in [2.24, 2.45) is 5.92 Å². The normalized spacial score (nSPS) is 11.4. The van der Waals surface area contributed by atoms with Gasteiger partial charge in [0.2, 0.25) is 0 Å². The zero-order valence-corrected chi connectivity index (χ0v) is 13.4. The molecule has 0 aliphatic rings. The van der Waals surface area contributed by atoms with Gasteiger partial charge >= 0.3 is 0 Å². The van der Waals surface area contributed by atoms with E-state index in [0.29, 0.717) is 0 Å². The number of hydrogen-bond donors (Lipinski definition) is 1. The number of nitrogens with zero attached hydrogens (tertiary/aromatic N) is 1. The van der Waals surface area contributed by atoms with Crippen LogP contribution in [0, 0.1) is 5.92 Å². The van der Waals surface area contributed by atoms with Gasteiger partial charge in [-0.15, -0.1) is 6.58 Å². The topological polar surface area (TPSA) is 17.0 Å². The number of benzene rings is 1. The summed E-state index contributed by atoms with van der Waals surface area (Å²) in [5, 5.41) is 4.93. The van der Waals surface area contributed by atoms with E-state index >= 15 is 0 Å². The van der Waals surface area contributed by atoms with Crippen molar-refractivity contribution < 1.29 is 0 Å². The van der Waals surface area contributed by atoms with E-state index in [4.69, 9.17) is 0 Å². The number of allylic oxidation sites excluding steroid dienone is 1. The predicted octanol–water partition coefficient (Wildman–Crippen LogP) is 4.40. The van der Waals surface area contributed by atoms with E-state index in [1.807, 2.05) is 6.08 Å². The third kappa shape index (κ3) is 4.47. The van der Waals surface area contributed by atoms with Gasteiger partial charge in [0.05, 0.1) is 0 Å². The lowest BCUT2D eigenvalue weighted by atomic mass is 10.1. The van der Waals surface area contributed by atoms with Crippen molar-refractivity contribution in [2.75, 3.05) is 13.1 Å². The van der Waals surface area contributed by atoms with E-state index in [0.717, 1.165) is 38.4 Å². The Morgan fingerprint density at radius 1 is 1.29 bits per heavy atom. The standard InChI is InChI=1S/C19H28N2/c1-4-5-13-21-15-17(9-8-12-20-14-16(2)3)18-10-6-7-11-19(18)21/h4,6-7,10-11,15-16,20H,1,5,8-9,12-14H2,2-3H3. The molecule has 0 aliphatic heterocycles. The van der Waals surface area contributed by atoms with Crippen LogP contribution in [0.25, 0.3) is 10.9 Å². The highest BCUT2D eigenvalue weighted by Gasteiger charge is 2.07. The fraction of sp³-hybridized carbons (Fsp3) is 0.474. The first-order chi connectivity index (χ1) is 10.2. The van der Waals surface area contributed by atoms with Gasteiger partial charge in [-0.25, -0.2) is 0 Å². The van der Waals surface area contributed by atoms with Gasteiger partial charge < -0.3 is 9.88 Å². The molecule has 2 heteroatoms. The van der Waals surface area contributed by atoms with Gasteiger partial charge in [0.1, 0.15) is 0 Å². The molecule has 1 heterocycles. The molecular formula is C19H28N2. The van der Waals surface area contributed by atoms with Crippen molar-refractivity contribution >= 4 is 10.9 Å². The second kappa shape index (κ2) is 8.04. The minimum atomic E-state index is 0.728. The van der Waals surface area contributed by atoms with Crippen LogP contribution in [0.1, 0.15) is 32.3 Å². The van der Waals surface area contributed by atoms with Crippen LogP contribution in [0.4, 0.5) is 0 Å². The fourth-order valence-corrected chi connectivity index (χ4v) is 2.73. The van der Waals surface area contributed by atoms with Gasteiger partial charge in [0.25, 0.3) is 0 Å². The number of hydrogen-bond acceptors (Lipinski definition) is 1. The first-order valence-electron chi connectivity index (χ1n) is 8.10. The number of fused-ring (bicyclic) bond motifs is 1. The molecule has 2 aromatic rings. The van der Waals surface area contributed by atoms with Crippen LogP contribution in [-0.2, 0) is 13.0 Å². The number of aryl methyl sites for hydroxylation is 2. The minimum absolute atomic E-state index is 0.728. The SMILES string of the molecule is C=CCCn1cc(CCCNCC(C)C)c2ccccc21. The second-order valence-electron chi connectivity index (χ2n) is 6.14. The van der Waals surface area contributed by atoms with Gasteiger partial charge in [-0.05, 0) is 49.9 Å². The molecule has 1 N–H and O–H groups in total. The number of rotatable bonds is 9. The lowest BCUT2D eigenvalue weighted by molar-refractivity contribution is 0.543. The van der Waals surface area contributed by atoms with Crippen molar-refractivity contribution in [1.82, 2.24) is 9.88 Å². The molecule has 0 radical (unpaired) electrons. The molecule has 0 bridgehead atoms. The highest BCUT2D eigenvalue weighted by molar-refractivity contribution is 5.83.